The highest BCUT2D eigenvalue weighted by atomic mass is 19.1. The average Bonchev–Trinajstić information content (AvgIpc) is 2.64. The molecule has 1 saturated heterocycles. The molecule has 0 aromatic carbocycles. The van der Waals surface area contributed by atoms with Gasteiger partial charge in [-0.05, 0) is 31.4 Å². The van der Waals surface area contributed by atoms with Crippen molar-refractivity contribution in [3.8, 4) is 0 Å². The molecule has 126 valence electrons. The number of hydrogen-bond acceptors (Lipinski definition) is 5. The summed E-state index contributed by atoms with van der Waals surface area (Å²) < 4.78 is 14.2. The number of piperidine rings is 1. The summed E-state index contributed by atoms with van der Waals surface area (Å²) in [5, 5.41) is 3.15. The van der Waals surface area contributed by atoms with Gasteiger partial charge in [-0.25, -0.2) is 14.4 Å². The number of hydrogen-bond donors (Lipinski definition) is 1. The van der Waals surface area contributed by atoms with Gasteiger partial charge >= 0.3 is 0 Å². The molecule has 7 heteroatoms. The van der Waals surface area contributed by atoms with E-state index in [0.29, 0.717) is 30.8 Å². The second kappa shape index (κ2) is 7.33. The zero-order chi connectivity index (χ0) is 16.9. The van der Waals surface area contributed by atoms with Gasteiger partial charge in [-0.1, -0.05) is 6.92 Å². The van der Waals surface area contributed by atoms with Crippen LogP contribution in [0.25, 0.3) is 0 Å². The number of anilines is 1. The van der Waals surface area contributed by atoms with E-state index in [1.165, 1.54) is 6.33 Å². The van der Waals surface area contributed by atoms with Crippen LogP contribution in [0.1, 0.15) is 35.8 Å². The largest absolute Gasteiger partial charge is 0.365 e. The van der Waals surface area contributed by atoms with Gasteiger partial charge in [0.1, 0.15) is 6.33 Å². The fourth-order valence-corrected chi connectivity index (χ4v) is 2.85. The Hall–Kier alpha value is -2.57. The fourth-order valence-electron chi connectivity index (χ4n) is 2.85. The highest BCUT2D eigenvalue weighted by Gasteiger charge is 2.24. The summed E-state index contributed by atoms with van der Waals surface area (Å²) in [4.78, 5) is 26.1. The van der Waals surface area contributed by atoms with Crippen molar-refractivity contribution in [1.82, 2.24) is 19.9 Å². The number of nitrogens with one attached hydrogen (secondary N) is 1. The number of aromatic nitrogens is 3. The first-order valence-electron chi connectivity index (χ1n) is 8.14. The molecule has 0 spiro atoms. The first-order chi connectivity index (χ1) is 11.7. The van der Waals surface area contributed by atoms with E-state index in [4.69, 9.17) is 0 Å². The van der Waals surface area contributed by atoms with Crippen molar-refractivity contribution in [3.63, 3.8) is 0 Å². The Bertz CT molecular complexity index is 701. The normalized spacial score (nSPS) is 15.3. The second-order valence-corrected chi connectivity index (χ2v) is 5.78. The van der Waals surface area contributed by atoms with Crippen molar-refractivity contribution >= 4 is 11.7 Å². The minimum atomic E-state index is -0.379. The summed E-state index contributed by atoms with van der Waals surface area (Å²) in [5.74, 6) is -0.117. The zero-order valence-corrected chi connectivity index (χ0v) is 13.6. The molecule has 3 rings (SSSR count). The molecule has 0 radical (unpaired) electrons. The molecule has 24 heavy (non-hydrogen) atoms. The molecule has 0 aliphatic carbocycles. The molecule has 3 heterocycles. The molecule has 2 aromatic heterocycles. The zero-order valence-electron chi connectivity index (χ0n) is 13.6. The molecule has 1 aliphatic heterocycles. The molecule has 0 atom stereocenters. The van der Waals surface area contributed by atoms with Crippen molar-refractivity contribution < 1.29 is 9.18 Å². The Morgan fingerprint density at radius 2 is 2.00 bits per heavy atom. The Kier molecular flexibility index (Phi) is 4.98. The molecule has 0 unspecified atom stereocenters. The van der Waals surface area contributed by atoms with Crippen LogP contribution in [-0.4, -0.2) is 44.9 Å². The average molecular weight is 329 g/mol. The maximum atomic E-state index is 14.2. The quantitative estimate of drug-likeness (QED) is 0.932. The van der Waals surface area contributed by atoms with Gasteiger partial charge in [0.2, 0.25) is 0 Å². The van der Waals surface area contributed by atoms with Crippen LogP contribution >= 0.6 is 0 Å². The molecular weight excluding hydrogens is 309 g/mol. The Labute approximate surface area is 140 Å². The molecule has 1 N–H and O–H groups in total. The van der Waals surface area contributed by atoms with E-state index in [-0.39, 0.29) is 23.6 Å². The highest BCUT2D eigenvalue weighted by molar-refractivity contribution is 5.94. The van der Waals surface area contributed by atoms with E-state index < -0.39 is 0 Å². The third-order valence-electron chi connectivity index (χ3n) is 4.25. The fraction of sp³-hybridized carbons (Fsp3) is 0.412. The van der Waals surface area contributed by atoms with Gasteiger partial charge in [0, 0.05) is 37.1 Å². The summed E-state index contributed by atoms with van der Waals surface area (Å²) in [5.41, 5.74) is 1.06. The van der Waals surface area contributed by atoms with Gasteiger partial charge in [0.25, 0.3) is 5.91 Å². The van der Waals surface area contributed by atoms with Crippen LogP contribution in [0, 0.1) is 5.82 Å². The van der Waals surface area contributed by atoms with Crippen molar-refractivity contribution in [2.75, 3.05) is 18.4 Å². The van der Waals surface area contributed by atoms with Crippen LogP contribution in [0.15, 0.2) is 30.9 Å². The number of pyridine rings is 1. The number of carbonyl (C=O) groups is 1. The predicted octanol–water partition coefficient (Wildman–Crippen LogP) is 2.29. The minimum absolute atomic E-state index is 0.0114. The number of nitrogens with zero attached hydrogens (tertiary/aromatic N) is 4. The van der Waals surface area contributed by atoms with Crippen molar-refractivity contribution in [3.05, 3.63) is 47.9 Å². The Morgan fingerprint density at radius 3 is 2.67 bits per heavy atom. The number of likely N-dealkylation sites (tertiary alicyclic amines) is 1. The molecule has 0 bridgehead atoms. The van der Waals surface area contributed by atoms with Crippen LogP contribution in [0.3, 0.4) is 0 Å². The first-order valence-corrected chi connectivity index (χ1v) is 8.14. The summed E-state index contributed by atoms with van der Waals surface area (Å²) in [6, 6.07) is 3.53. The lowest BCUT2D eigenvalue weighted by Gasteiger charge is -2.32. The lowest BCUT2D eigenvalue weighted by molar-refractivity contribution is 0.0718. The van der Waals surface area contributed by atoms with Crippen LogP contribution < -0.4 is 5.32 Å². The van der Waals surface area contributed by atoms with Gasteiger partial charge in [0.05, 0.1) is 5.69 Å². The van der Waals surface area contributed by atoms with E-state index in [0.717, 1.165) is 12.8 Å². The summed E-state index contributed by atoms with van der Waals surface area (Å²) in [6.07, 6.45) is 6.65. The van der Waals surface area contributed by atoms with Gasteiger partial charge in [0.15, 0.2) is 11.6 Å². The summed E-state index contributed by atoms with van der Waals surface area (Å²) in [6.45, 7) is 3.12. The number of rotatable bonds is 4. The van der Waals surface area contributed by atoms with E-state index >= 15 is 0 Å². The minimum Gasteiger partial charge on any atom is -0.365 e. The number of carbonyl (C=O) groups excluding carboxylic acids is 1. The number of halogens is 1. The number of amides is 1. The predicted molar refractivity (Wildman–Crippen MR) is 88.2 cm³/mol. The Balaban J connectivity index is 1.59. The van der Waals surface area contributed by atoms with Gasteiger partial charge < -0.3 is 10.2 Å². The molecule has 2 aromatic rings. The van der Waals surface area contributed by atoms with E-state index in [2.05, 4.69) is 20.3 Å². The van der Waals surface area contributed by atoms with Crippen molar-refractivity contribution in [2.45, 2.75) is 32.2 Å². The molecule has 6 nitrogen and oxygen atoms in total. The van der Waals surface area contributed by atoms with Crippen molar-refractivity contribution in [2.24, 2.45) is 0 Å². The third-order valence-corrected chi connectivity index (χ3v) is 4.25. The van der Waals surface area contributed by atoms with E-state index in [9.17, 15) is 9.18 Å². The maximum absolute atomic E-state index is 14.2. The van der Waals surface area contributed by atoms with E-state index in [1.54, 1.807) is 24.5 Å². The third kappa shape index (κ3) is 3.50. The standard InChI is InChI=1S/C17H20FN5O/c1-2-14-15(18)16(21-11-20-14)22-13-5-9-23(10-6-13)17(24)12-3-7-19-8-4-12/h3-4,7-8,11,13H,2,5-6,9-10H2,1H3,(H,20,21,22). The first kappa shape index (κ1) is 16.3. The van der Waals surface area contributed by atoms with Crippen LogP contribution in [0.4, 0.5) is 10.2 Å². The van der Waals surface area contributed by atoms with Gasteiger partial charge in [-0.15, -0.1) is 0 Å². The molecule has 1 fully saturated rings. The monoisotopic (exact) mass is 329 g/mol. The maximum Gasteiger partial charge on any atom is 0.253 e. The molecule has 1 amide bonds. The molecule has 0 saturated carbocycles. The van der Waals surface area contributed by atoms with Gasteiger partial charge in [-0.3, -0.25) is 9.78 Å². The van der Waals surface area contributed by atoms with E-state index in [1.807, 2.05) is 11.8 Å². The SMILES string of the molecule is CCc1ncnc(NC2CCN(C(=O)c3ccncc3)CC2)c1F. The second-order valence-electron chi connectivity index (χ2n) is 5.78. The topological polar surface area (TPSA) is 71.0 Å². The van der Waals surface area contributed by atoms with Crippen molar-refractivity contribution in [1.29, 1.82) is 0 Å². The molecule has 1 aliphatic rings. The number of aryl methyl sites for hydroxylation is 1. The summed E-state index contributed by atoms with van der Waals surface area (Å²) in [7, 11) is 0. The lowest BCUT2D eigenvalue weighted by Crippen LogP contribution is -2.42. The lowest BCUT2D eigenvalue weighted by atomic mass is 10.0. The van der Waals surface area contributed by atoms with Crippen LogP contribution in [0.2, 0.25) is 0 Å². The summed E-state index contributed by atoms with van der Waals surface area (Å²) >= 11 is 0. The van der Waals surface area contributed by atoms with Crippen LogP contribution in [-0.2, 0) is 6.42 Å². The smallest absolute Gasteiger partial charge is 0.253 e. The van der Waals surface area contributed by atoms with Crippen LogP contribution in [0.5, 0.6) is 0 Å². The molecular formula is C17H20FN5O. The Morgan fingerprint density at radius 1 is 1.29 bits per heavy atom. The van der Waals surface area contributed by atoms with Gasteiger partial charge in [-0.2, -0.15) is 0 Å². The highest BCUT2D eigenvalue weighted by Crippen LogP contribution is 2.20.